The summed E-state index contributed by atoms with van der Waals surface area (Å²) in [7, 11) is 0. The van der Waals surface area contributed by atoms with Gasteiger partial charge in [0.1, 0.15) is 21.7 Å². The molecule has 0 unspecified atom stereocenters. The van der Waals surface area contributed by atoms with E-state index in [1.54, 1.807) is 48.3 Å². The number of hydrogen-bond donors (Lipinski definition) is 1. The fourth-order valence-corrected chi connectivity index (χ4v) is 5.91. The van der Waals surface area contributed by atoms with E-state index in [2.05, 4.69) is 17.4 Å². The number of aryl methyl sites for hydroxylation is 1. The Morgan fingerprint density at radius 1 is 1.11 bits per heavy atom. The number of thiophene rings is 2. The highest BCUT2D eigenvalue weighted by Gasteiger charge is 2.28. The molecule has 0 spiro atoms. The van der Waals surface area contributed by atoms with Gasteiger partial charge in [-0.1, -0.05) is 12.1 Å². The molecule has 0 fully saturated rings. The second-order valence-corrected chi connectivity index (χ2v) is 12.9. The Labute approximate surface area is 230 Å². The molecule has 3 rings (SSSR count). The van der Waals surface area contributed by atoms with Gasteiger partial charge in [-0.2, -0.15) is 4.37 Å². The number of fused-ring (bicyclic) bond motifs is 1. The third-order valence-corrected chi connectivity index (χ3v) is 7.43. The average Bonchev–Trinajstić information content (AvgIpc) is 3.43. The molecule has 0 aromatic carbocycles. The minimum absolute atomic E-state index is 0.338. The normalized spacial score (nSPS) is 11.7. The van der Waals surface area contributed by atoms with Gasteiger partial charge in [0.15, 0.2) is 0 Å². The van der Waals surface area contributed by atoms with Crippen molar-refractivity contribution in [2.45, 2.75) is 80.1 Å². The third-order valence-electron chi connectivity index (χ3n) is 4.32. The quantitative estimate of drug-likeness (QED) is 0.347. The van der Waals surface area contributed by atoms with Gasteiger partial charge in [0.05, 0.1) is 11.2 Å². The van der Waals surface area contributed by atoms with Crippen molar-refractivity contribution < 1.29 is 23.9 Å². The summed E-state index contributed by atoms with van der Waals surface area (Å²) in [6.07, 6.45) is 3.07. The van der Waals surface area contributed by atoms with E-state index in [1.807, 2.05) is 56.6 Å². The van der Waals surface area contributed by atoms with Gasteiger partial charge in [0, 0.05) is 16.7 Å². The highest BCUT2D eigenvalue weighted by Crippen LogP contribution is 2.42. The molecule has 0 aliphatic heterocycles. The van der Waals surface area contributed by atoms with Crippen molar-refractivity contribution in [3.8, 4) is 0 Å². The zero-order chi connectivity index (χ0) is 28.0. The van der Waals surface area contributed by atoms with Gasteiger partial charge in [-0.05, 0) is 90.0 Å². The molecule has 0 aliphatic rings. The molecule has 3 aromatic heterocycles. The van der Waals surface area contributed by atoms with Crippen LogP contribution >= 0.6 is 34.2 Å². The Balaban J connectivity index is 0.000000371. The smallest absolute Gasteiger partial charge is 0.415 e. The molecule has 0 saturated carbocycles. The number of aromatic nitrogens is 1. The number of amides is 3. The fourth-order valence-electron chi connectivity index (χ4n) is 2.93. The van der Waals surface area contributed by atoms with E-state index in [9.17, 15) is 14.4 Å². The maximum atomic E-state index is 12.9. The summed E-state index contributed by atoms with van der Waals surface area (Å²) >= 11 is 4.67. The van der Waals surface area contributed by atoms with Crippen molar-refractivity contribution in [1.82, 2.24) is 9.69 Å². The molecule has 3 heterocycles. The minimum Gasteiger partial charge on any atom is -0.444 e. The highest BCUT2D eigenvalue weighted by atomic mass is 32.1. The van der Waals surface area contributed by atoms with Crippen LogP contribution < -0.4 is 10.2 Å². The molecule has 0 saturated heterocycles. The SMILES string of the molecule is C/C=C\c1sc2c(N(Cc3cccs3)C(=O)OC(C)(C)C)snc2c1C.CC(=O)NC(=O)OC(C)(C)C. The van der Waals surface area contributed by atoms with Crippen LogP contribution in [0.1, 0.15) is 70.7 Å². The van der Waals surface area contributed by atoms with Crippen LogP contribution in [0.25, 0.3) is 16.3 Å². The standard InChI is InChI=1S/C19H22N2O2S3.C7H13NO3/c1-6-8-14-12(2)15-16(25-14)17(26-20-15)21(11-13-9-7-10-24-13)18(22)23-19(3,4)5;1-5(9)8-6(10)11-7(2,3)4/h6-10H,11H2,1-5H3;1-4H3,(H,8,9,10)/b8-6-;. The molecular weight excluding hydrogens is 531 g/mol. The van der Waals surface area contributed by atoms with Gasteiger partial charge >= 0.3 is 12.2 Å². The highest BCUT2D eigenvalue weighted by molar-refractivity contribution is 7.25. The Bertz CT molecular complexity index is 1240. The van der Waals surface area contributed by atoms with Crippen molar-refractivity contribution in [2.75, 3.05) is 4.90 Å². The van der Waals surface area contributed by atoms with Crippen molar-refractivity contribution in [2.24, 2.45) is 0 Å². The summed E-state index contributed by atoms with van der Waals surface area (Å²) < 4.78 is 16.1. The molecule has 0 radical (unpaired) electrons. The number of imide groups is 1. The molecule has 1 N–H and O–H groups in total. The first-order chi connectivity index (χ1) is 17.1. The van der Waals surface area contributed by atoms with Gasteiger partial charge in [0.25, 0.3) is 0 Å². The number of alkyl carbamates (subject to hydrolysis) is 1. The average molecular weight is 566 g/mol. The summed E-state index contributed by atoms with van der Waals surface area (Å²) in [6, 6.07) is 4.03. The summed E-state index contributed by atoms with van der Waals surface area (Å²) in [5.41, 5.74) is 1.03. The third kappa shape index (κ3) is 9.56. The number of carbonyl (C=O) groups excluding carboxylic acids is 3. The van der Waals surface area contributed by atoms with E-state index in [0.717, 1.165) is 25.7 Å². The summed E-state index contributed by atoms with van der Waals surface area (Å²) in [4.78, 5) is 38.0. The number of anilines is 1. The van der Waals surface area contributed by atoms with Crippen LogP contribution in [-0.4, -0.2) is 33.7 Å². The fraction of sp³-hybridized carbons (Fsp3) is 0.462. The topological polar surface area (TPSA) is 97.8 Å². The number of nitrogens with zero attached hydrogens (tertiary/aromatic N) is 2. The molecular formula is C26H35N3O5S3. The first kappa shape index (κ1) is 30.5. The lowest BCUT2D eigenvalue weighted by atomic mass is 10.2. The van der Waals surface area contributed by atoms with E-state index in [-0.39, 0.29) is 6.09 Å². The molecule has 37 heavy (non-hydrogen) atoms. The van der Waals surface area contributed by atoms with Crippen LogP contribution in [0.15, 0.2) is 23.6 Å². The number of allylic oxidation sites excluding steroid dienone is 1. The summed E-state index contributed by atoms with van der Waals surface area (Å²) in [5.74, 6) is -0.417. The van der Waals surface area contributed by atoms with E-state index in [4.69, 9.17) is 9.47 Å². The Morgan fingerprint density at radius 2 is 1.76 bits per heavy atom. The molecule has 3 amide bonds. The molecule has 11 heteroatoms. The number of rotatable bonds is 4. The van der Waals surface area contributed by atoms with E-state index < -0.39 is 23.2 Å². The van der Waals surface area contributed by atoms with Gasteiger partial charge in [-0.3, -0.25) is 15.0 Å². The second-order valence-electron chi connectivity index (χ2n) is 10.1. The zero-order valence-corrected chi connectivity index (χ0v) is 25.2. The zero-order valence-electron chi connectivity index (χ0n) is 22.8. The van der Waals surface area contributed by atoms with Gasteiger partial charge in [-0.15, -0.1) is 22.7 Å². The second kappa shape index (κ2) is 12.7. The van der Waals surface area contributed by atoms with E-state index in [0.29, 0.717) is 6.54 Å². The predicted octanol–water partition coefficient (Wildman–Crippen LogP) is 7.76. The lowest BCUT2D eigenvalue weighted by Gasteiger charge is -2.26. The van der Waals surface area contributed by atoms with Gasteiger partial charge < -0.3 is 9.47 Å². The van der Waals surface area contributed by atoms with Crippen LogP contribution in [-0.2, 0) is 20.8 Å². The maximum absolute atomic E-state index is 12.9. The van der Waals surface area contributed by atoms with Gasteiger partial charge in [0.2, 0.25) is 5.91 Å². The Hall–Kier alpha value is -2.76. The molecule has 0 bridgehead atoms. The van der Waals surface area contributed by atoms with E-state index in [1.165, 1.54) is 23.3 Å². The number of nitrogens with one attached hydrogen (secondary N) is 1. The lowest BCUT2D eigenvalue weighted by Crippen LogP contribution is -2.36. The van der Waals surface area contributed by atoms with Crippen LogP contribution in [0.4, 0.5) is 14.6 Å². The van der Waals surface area contributed by atoms with Crippen molar-refractivity contribution >= 4 is 73.6 Å². The van der Waals surface area contributed by atoms with Crippen LogP contribution in [0, 0.1) is 6.92 Å². The number of carbonyl (C=O) groups is 3. The molecule has 0 aliphatic carbocycles. The summed E-state index contributed by atoms with van der Waals surface area (Å²) in [5, 5.41) is 4.87. The van der Waals surface area contributed by atoms with E-state index >= 15 is 0 Å². The number of hydrogen-bond acceptors (Lipinski definition) is 9. The van der Waals surface area contributed by atoms with Crippen molar-refractivity contribution in [3.05, 3.63) is 38.9 Å². The molecule has 3 aromatic rings. The molecule has 8 nitrogen and oxygen atoms in total. The molecule has 0 atom stereocenters. The largest absolute Gasteiger partial charge is 0.444 e. The monoisotopic (exact) mass is 565 g/mol. The number of ether oxygens (including phenoxy) is 2. The Kier molecular flexibility index (Phi) is 10.4. The lowest BCUT2D eigenvalue weighted by molar-refractivity contribution is -0.118. The van der Waals surface area contributed by atoms with Gasteiger partial charge in [-0.25, -0.2) is 9.59 Å². The van der Waals surface area contributed by atoms with Crippen LogP contribution in [0.2, 0.25) is 0 Å². The maximum Gasteiger partial charge on any atom is 0.415 e. The predicted molar refractivity (Wildman–Crippen MR) is 154 cm³/mol. The summed E-state index contributed by atoms with van der Waals surface area (Å²) in [6.45, 7) is 16.7. The first-order valence-corrected chi connectivity index (χ1v) is 14.1. The van der Waals surface area contributed by atoms with Crippen molar-refractivity contribution in [3.63, 3.8) is 0 Å². The van der Waals surface area contributed by atoms with Crippen molar-refractivity contribution in [1.29, 1.82) is 0 Å². The minimum atomic E-state index is -0.704. The molecule has 202 valence electrons. The Morgan fingerprint density at radius 3 is 2.27 bits per heavy atom. The first-order valence-electron chi connectivity index (χ1n) is 11.7. The van der Waals surface area contributed by atoms with Crippen LogP contribution in [0.5, 0.6) is 0 Å². The van der Waals surface area contributed by atoms with Crippen LogP contribution in [0.3, 0.4) is 0 Å².